The summed E-state index contributed by atoms with van der Waals surface area (Å²) >= 11 is 1.84. The molecule has 2 aliphatic rings. The Balaban J connectivity index is 1.80. The van der Waals surface area contributed by atoms with Crippen LogP contribution >= 0.6 is 11.8 Å². The van der Waals surface area contributed by atoms with Gasteiger partial charge in [0.25, 0.3) is 0 Å². The number of rotatable bonds is 2. The number of hydrogen-bond acceptors (Lipinski definition) is 3. The normalized spacial score (nSPS) is 28.5. The lowest BCUT2D eigenvalue weighted by molar-refractivity contribution is -0.143. The van der Waals surface area contributed by atoms with E-state index in [4.69, 9.17) is 0 Å². The van der Waals surface area contributed by atoms with Gasteiger partial charge < -0.3 is 10.2 Å². The Kier molecular flexibility index (Phi) is 5.65. The number of alkyl halides is 3. The molecule has 4 nitrogen and oxygen atoms in total. The summed E-state index contributed by atoms with van der Waals surface area (Å²) in [4.78, 5) is 15.4. The van der Waals surface area contributed by atoms with E-state index in [1.807, 2.05) is 23.6 Å². The maximum Gasteiger partial charge on any atom is 0.401 e. The number of hydrogen-bond donors (Lipinski definition) is 1. The molecule has 2 atom stereocenters. The molecule has 2 saturated heterocycles. The molecule has 0 aromatic rings. The van der Waals surface area contributed by atoms with E-state index in [2.05, 4.69) is 5.32 Å². The number of urea groups is 1. The number of carbonyl (C=O) groups is 1. The van der Waals surface area contributed by atoms with Crippen molar-refractivity contribution in [1.29, 1.82) is 0 Å². The van der Waals surface area contributed by atoms with Crippen molar-refractivity contribution >= 4 is 17.8 Å². The van der Waals surface area contributed by atoms with E-state index in [1.54, 1.807) is 0 Å². The van der Waals surface area contributed by atoms with E-state index in [1.165, 1.54) is 4.90 Å². The largest absolute Gasteiger partial charge is 0.401 e. The average Bonchev–Trinajstić information content (AvgIpc) is 2.66. The molecule has 0 aliphatic carbocycles. The van der Waals surface area contributed by atoms with Crippen molar-refractivity contribution in [1.82, 2.24) is 15.1 Å². The Labute approximate surface area is 127 Å². The number of likely N-dealkylation sites (tertiary alicyclic amines) is 1. The lowest BCUT2D eigenvalue weighted by Gasteiger charge is -2.28. The zero-order chi connectivity index (χ0) is 15.5. The van der Waals surface area contributed by atoms with Gasteiger partial charge in [-0.2, -0.15) is 24.9 Å². The highest BCUT2D eigenvalue weighted by atomic mass is 32.2. The van der Waals surface area contributed by atoms with Crippen molar-refractivity contribution in [3.8, 4) is 0 Å². The van der Waals surface area contributed by atoms with E-state index < -0.39 is 12.7 Å². The predicted molar refractivity (Wildman–Crippen MR) is 77.5 cm³/mol. The van der Waals surface area contributed by atoms with Crippen LogP contribution in [0.15, 0.2) is 0 Å². The lowest BCUT2D eigenvalue weighted by Crippen LogP contribution is -2.49. The molecule has 2 aliphatic heterocycles. The van der Waals surface area contributed by atoms with Crippen LogP contribution in [0.1, 0.15) is 19.8 Å². The second-order valence-electron chi connectivity index (χ2n) is 5.73. The third-order valence-corrected chi connectivity index (χ3v) is 4.95. The van der Waals surface area contributed by atoms with Gasteiger partial charge in [-0.3, -0.25) is 4.90 Å². The van der Waals surface area contributed by atoms with Gasteiger partial charge in [0.1, 0.15) is 0 Å². The highest BCUT2D eigenvalue weighted by molar-refractivity contribution is 7.99. The summed E-state index contributed by atoms with van der Waals surface area (Å²) in [6.07, 6.45) is -2.63. The molecule has 1 N–H and O–H groups in total. The van der Waals surface area contributed by atoms with Crippen LogP contribution in [0.25, 0.3) is 0 Å². The van der Waals surface area contributed by atoms with Gasteiger partial charge in [-0.25, -0.2) is 4.79 Å². The lowest BCUT2D eigenvalue weighted by atomic mass is 10.2. The summed E-state index contributed by atoms with van der Waals surface area (Å²) < 4.78 is 37.0. The standard InChI is InChI=1S/C13H22F3N3OS/c1-10-3-6-21-7-5-19(10)12(20)17-11-2-4-18(8-11)9-13(14,15)16/h10-11H,2-9H2,1H3,(H,17,20)/t10-,11-/m1/s1. The Morgan fingerprint density at radius 1 is 1.29 bits per heavy atom. The summed E-state index contributed by atoms with van der Waals surface area (Å²) in [5.74, 6) is 1.97. The molecule has 0 aromatic carbocycles. The van der Waals surface area contributed by atoms with E-state index in [0.29, 0.717) is 19.5 Å². The minimum atomic E-state index is -4.17. The number of carbonyl (C=O) groups excluding carboxylic acids is 1. The summed E-state index contributed by atoms with van der Waals surface area (Å²) in [5.41, 5.74) is 0. The molecule has 0 radical (unpaired) electrons. The second kappa shape index (κ2) is 7.09. The van der Waals surface area contributed by atoms with E-state index in [-0.39, 0.29) is 24.7 Å². The molecule has 122 valence electrons. The molecule has 0 aromatic heterocycles. The smallest absolute Gasteiger partial charge is 0.334 e. The fraction of sp³-hybridized carbons (Fsp3) is 0.923. The molecular formula is C13H22F3N3OS. The van der Waals surface area contributed by atoms with Crippen LogP contribution in [0.4, 0.5) is 18.0 Å². The molecule has 0 spiro atoms. The number of halogens is 3. The van der Waals surface area contributed by atoms with Gasteiger partial charge in [-0.1, -0.05) is 0 Å². The number of thioether (sulfide) groups is 1. The molecule has 2 rings (SSSR count). The second-order valence-corrected chi connectivity index (χ2v) is 6.95. The van der Waals surface area contributed by atoms with Gasteiger partial charge in [-0.15, -0.1) is 0 Å². The molecule has 2 heterocycles. The van der Waals surface area contributed by atoms with E-state index >= 15 is 0 Å². The Hall–Kier alpha value is -0.630. The van der Waals surface area contributed by atoms with Crippen LogP contribution in [-0.4, -0.2) is 71.8 Å². The molecule has 0 bridgehead atoms. The van der Waals surface area contributed by atoms with E-state index in [0.717, 1.165) is 17.9 Å². The van der Waals surface area contributed by atoms with Crippen molar-refractivity contribution in [2.45, 2.75) is 38.0 Å². The minimum Gasteiger partial charge on any atom is -0.334 e. The summed E-state index contributed by atoms with van der Waals surface area (Å²) in [6, 6.07) is -0.125. The van der Waals surface area contributed by atoms with Crippen LogP contribution in [-0.2, 0) is 0 Å². The first-order valence-electron chi connectivity index (χ1n) is 7.29. The highest BCUT2D eigenvalue weighted by Crippen LogP contribution is 2.21. The highest BCUT2D eigenvalue weighted by Gasteiger charge is 2.35. The molecule has 2 fully saturated rings. The number of nitrogens with zero attached hydrogens (tertiary/aromatic N) is 2. The van der Waals surface area contributed by atoms with Crippen LogP contribution < -0.4 is 5.32 Å². The van der Waals surface area contributed by atoms with Crippen molar-refractivity contribution in [2.24, 2.45) is 0 Å². The zero-order valence-electron chi connectivity index (χ0n) is 12.2. The van der Waals surface area contributed by atoms with Gasteiger partial charge in [0.05, 0.1) is 6.54 Å². The average molecular weight is 325 g/mol. The first kappa shape index (κ1) is 16.7. The fourth-order valence-electron chi connectivity index (χ4n) is 2.80. The van der Waals surface area contributed by atoms with Crippen molar-refractivity contribution in [2.75, 3.05) is 37.7 Å². The summed E-state index contributed by atoms with van der Waals surface area (Å²) in [6.45, 7) is 2.50. The van der Waals surface area contributed by atoms with Crippen molar-refractivity contribution < 1.29 is 18.0 Å². The minimum absolute atomic E-state index is 0.135. The van der Waals surface area contributed by atoms with Crippen LogP contribution in [0.5, 0.6) is 0 Å². The quantitative estimate of drug-likeness (QED) is 0.845. The molecular weight excluding hydrogens is 303 g/mol. The van der Waals surface area contributed by atoms with Gasteiger partial charge in [0.15, 0.2) is 0 Å². The Morgan fingerprint density at radius 3 is 2.76 bits per heavy atom. The zero-order valence-corrected chi connectivity index (χ0v) is 13.0. The van der Waals surface area contributed by atoms with E-state index in [9.17, 15) is 18.0 Å². The predicted octanol–water partition coefficient (Wildman–Crippen LogP) is 2.16. The molecule has 8 heteroatoms. The fourth-order valence-corrected chi connectivity index (χ4v) is 3.84. The number of nitrogens with one attached hydrogen (secondary N) is 1. The maximum atomic E-state index is 12.3. The molecule has 21 heavy (non-hydrogen) atoms. The first-order valence-corrected chi connectivity index (χ1v) is 8.44. The molecule has 0 unspecified atom stereocenters. The topological polar surface area (TPSA) is 35.6 Å². The molecule has 0 saturated carbocycles. The summed E-state index contributed by atoms with van der Waals surface area (Å²) in [7, 11) is 0. The Morgan fingerprint density at radius 2 is 2.05 bits per heavy atom. The molecule has 2 amide bonds. The first-order chi connectivity index (χ1) is 9.85. The monoisotopic (exact) mass is 325 g/mol. The van der Waals surface area contributed by atoms with Crippen LogP contribution in [0.3, 0.4) is 0 Å². The van der Waals surface area contributed by atoms with Gasteiger partial charge in [0, 0.05) is 37.5 Å². The number of amides is 2. The van der Waals surface area contributed by atoms with Crippen molar-refractivity contribution in [3.63, 3.8) is 0 Å². The van der Waals surface area contributed by atoms with Gasteiger partial charge >= 0.3 is 12.2 Å². The Bertz CT molecular complexity index is 367. The maximum absolute atomic E-state index is 12.3. The van der Waals surface area contributed by atoms with Gasteiger partial charge in [0.2, 0.25) is 0 Å². The third kappa shape index (κ3) is 5.25. The summed E-state index contributed by atoms with van der Waals surface area (Å²) in [5, 5.41) is 2.89. The third-order valence-electron chi connectivity index (χ3n) is 3.95. The van der Waals surface area contributed by atoms with Gasteiger partial charge in [-0.05, 0) is 25.5 Å². The van der Waals surface area contributed by atoms with Crippen molar-refractivity contribution in [3.05, 3.63) is 0 Å². The SMILES string of the molecule is C[C@@H]1CCSCCN1C(=O)N[C@@H]1CCN(CC(F)(F)F)C1. The van der Waals surface area contributed by atoms with Crippen LogP contribution in [0.2, 0.25) is 0 Å². The van der Waals surface area contributed by atoms with Crippen LogP contribution in [0, 0.1) is 0 Å².